The van der Waals surface area contributed by atoms with E-state index in [2.05, 4.69) is 10.7 Å². The Kier molecular flexibility index (Phi) is 7.05. The standard InChI is InChI=1S/C25H21Cl2N3O4/c1-33-20-12-3-15(13-21(20)34-2)14-30-23(16-4-8-18(26)9-5-16)22(25(32)29-30)28-24(31)17-6-10-19(27)11-7-17/h3-14,22-23H,1-2H3,(H-,28,29,31,32)/p+1/b30-14-/t22-,23+/m0/s1. The Labute approximate surface area is 206 Å². The highest BCUT2D eigenvalue weighted by molar-refractivity contribution is 6.30. The highest BCUT2D eigenvalue weighted by atomic mass is 35.5. The number of nitrogens with zero attached hydrogens (tertiary/aromatic N) is 1. The lowest BCUT2D eigenvalue weighted by atomic mass is 9.99. The molecule has 174 valence electrons. The second kappa shape index (κ2) is 10.2. The van der Waals surface area contributed by atoms with Crippen LogP contribution >= 0.6 is 23.2 Å². The summed E-state index contributed by atoms with van der Waals surface area (Å²) in [6.45, 7) is 0. The van der Waals surface area contributed by atoms with Crippen LogP contribution in [-0.4, -0.2) is 43.0 Å². The van der Waals surface area contributed by atoms with Crippen molar-refractivity contribution in [3.05, 3.63) is 93.5 Å². The molecular formula is C25H22Cl2N3O4+. The van der Waals surface area contributed by atoms with Crippen molar-refractivity contribution in [1.29, 1.82) is 0 Å². The molecule has 1 fully saturated rings. The summed E-state index contributed by atoms with van der Waals surface area (Å²) in [6.07, 6.45) is 1.77. The van der Waals surface area contributed by atoms with Gasteiger partial charge in [0.1, 0.15) is 0 Å². The normalized spacial score (nSPS) is 18.5. The van der Waals surface area contributed by atoms with E-state index < -0.39 is 12.1 Å². The summed E-state index contributed by atoms with van der Waals surface area (Å²) in [5.41, 5.74) is 4.80. The number of rotatable bonds is 6. The summed E-state index contributed by atoms with van der Waals surface area (Å²) in [6, 6.07) is 17.6. The van der Waals surface area contributed by atoms with Gasteiger partial charge in [0.25, 0.3) is 5.91 Å². The zero-order chi connectivity index (χ0) is 24.2. The highest BCUT2D eigenvalue weighted by Crippen LogP contribution is 2.29. The zero-order valence-corrected chi connectivity index (χ0v) is 19.9. The van der Waals surface area contributed by atoms with Crippen molar-refractivity contribution in [2.45, 2.75) is 12.1 Å². The number of nitrogens with one attached hydrogen (secondary N) is 2. The van der Waals surface area contributed by atoms with Crippen molar-refractivity contribution < 1.29 is 23.7 Å². The number of carbonyl (C=O) groups is 2. The lowest BCUT2D eigenvalue weighted by Crippen LogP contribution is -2.42. The van der Waals surface area contributed by atoms with Crippen LogP contribution in [0.4, 0.5) is 0 Å². The van der Waals surface area contributed by atoms with E-state index in [1.165, 1.54) is 0 Å². The molecule has 0 spiro atoms. The van der Waals surface area contributed by atoms with E-state index >= 15 is 0 Å². The molecule has 1 aliphatic heterocycles. The maximum atomic E-state index is 13.0. The predicted molar refractivity (Wildman–Crippen MR) is 130 cm³/mol. The number of hydrazone groups is 1. The van der Waals surface area contributed by atoms with Crippen molar-refractivity contribution in [2.24, 2.45) is 0 Å². The van der Waals surface area contributed by atoms with Crippen LogP contribution in [0, 0.1) is 0 Å². The van der Waals surface area contributed by atoms with Gasteiger partial charge in [0.05, 0.1) is 14.2 Å². The first-order valence-electron chi connectivity index (χ1n) is 10.4. The van der Waals surface area contributed by atoms with E-state index in [1.54, 1.807) is 73.6 Å². The first kappa shape index (κ1) is 23.6. The molecule has 2 amide bonds. The maximum Gasteiger partial charge on any atom is 0.304 e. The van der Waals surface area contributed by atoms with Gasteiger partial charge in [0.2, 0.25) is 12.3 Å². The van der Waals surface area contributed by atoms with E-state index in [1.807, 2.05) is 18.2 Å². The van der Waals surface area contributed by atoms with Crippen LogP contribution in [0.25, 0.3) is 0 Å². The van der Waals surface area contributed by atoms with Crippen LogP contribution in [-0.2, 0) is 4.79 Å². The average Bonchev–Trinajstić information content (AvgIpc) is 3.14. The Hall–Kier alpha value is -3.55. The minimum absolute atomic E-state index is 0.348. The summed E-state index contributed by atoms with van der Waals surface area (Å²) in [7, 11) is 3.12. The Morgan fingerprint density at radius 2 is 1.56 bits per heavy atom. The molecule has 2 N–H and O–H groups in total. The second-order valence-corrected chi connectivity index (χ2v) is 8.45. The van der Waals surface area contributed by atoms with Crippen molar-refractivity contribution in [3.63, 3.8) is 0 Å². The lowest BCUT2D eigenvalue weighted by molar-refractivity contribution is -0.596. The van der Waals surface area contributed by atoms with E-state index in [0.717, 1.165) is 11.1 Å². The number of benzene rings is 3. The number of hydrazine groups is 1. The van der Waals surface area contributed by atoms with Crippen LogP contribution in [0.2, 0.25) is 10.0 Å². The Morgan fingerprint density at radius 1 is 0.941 bits per heavy atom. The van der Waals surface area contributed by atoms with Gasteiger partial charge in [-0.25, -0.2) is 0 Å². The molecule has 34 heavy (non-hydrogen) atoms. The second-order valence-electron chi connectivity index (χ2n) is 7.58. The maximum absolute atomic E-state index is 13.0. The molecule has 0 aliphatic carbocycles. The summed E-state index contributed by atoms with van der Waals surface area (Å²) >= 11 is 12.0. The van der Waals surface area contributed by atoms with Crippen LogP contribution in [0.3, 0.4) is 0 Å². The van der Waals surface area contributed by atoms with Crippen molar-refractivity contribution in [1.82, 2.24) is 10.7 Å². The minimum Gasteiger partial charge on any atom is -0.493 e. The van der Waals surface area contributed by atoms with Crippen LogP contribution in [0.5, 0.6) is 11.5 Å². The fraction of sp³-hybridized carbons (Fsp3) is 0.160. The van der Waals surface area contributed by atoms with E-state index in [0.29, 0.717) is 27.1 Å². The highest BCUT2D eigenvalue weighted by Gasteiger charge is 2.47. The van der Waals surface area contributed by atoms with Crippen molar-refractivity contribution in [3.8, 4) is 11.5 Å². The van der Waals surface area contributed by atoms with Gasteiger partial charge in [0.15, 0.2) is 17.5 Å². The van der Waals surface area contributed by atoms with Gasteiger partial charge < -0.3 is 14.8 Å². The zero-order valence-electron chi connectivity index (χ0n) is 18.4. The van der Waals surface area contributed by atoms with Gasteiger partial charge in [-0.3, -0.25) is 9.59 Å². The number of halogens is 2. The Bertz CT molecular complexity index is 1240. The van der Waals surface area contributed by atoms with Crippen LogP contribution in [0.15, 0.2) is 66.7 Å². The fourth-order valence-corrected chi connectivity index (χ4v) is 4.01. The van der Waals surface area contributed by atoms with E-state index in [9.17, 15) is 9.59 Å². The number of ether oxygens (including phenoxy) is 2. The molecule has 7 nitrogen and oxygen atoms in total. The average molecular weight is 499 g/mol. The Morgan fingerprint density at radius 3 is 2.18 bits per heavy atom. The first-order valence-corrected chi connectivity index (χ1v) is 11.1. The third-order valence-corrected chi connectivity index (χ3v) is 5.94. The van der Waals surface area contributed by atoms with Gasteiger partial charge in [-0.15, -0.1) is 10.1 Å². The summed E-state index contributed by atoms with van der Waals surface area (Å²) < 4.78 is 12.4. The fourth-order valence-electron chi connectivity index (χ4n) is 3.76. The molecule has 1 saturated heterocycles. The summed E-state index contributed by atoms with van der Waals surface area (Å²) in [4.78, 5) is 25.9. The largest absolute Gasteiger partial charge is 0.493 e. The quantitative estimate of drug-likeness (QED) is 0.503. The molecule has 0 bridgehead atoms. The molecule has 1 heterocycles. The van der Waals surface area contributed by atoms with E-state index in [-0.39, 0.29) is 11.8 Å². The molecular weight excluding hydrogens is 477 g/mol. The van der Waals surface area contributed by atoms with Crippen molar-refractivity contribution in [2.75, 3.05) is 14.2 Å². The predicted octanol–water partition coefficient (Wildman–Crippen LogP) is 4.03. The Balaban J connectivity index is 1.71. The number of hydrogen-bond donors (Lipinski definition) is 2. The monoisotopic (exact) mass is 498 g/mol. The van der Waals surface area contributed by atoms with E-state index in [4.69, 9.17) is 32.7 Å². The van der Waals surface area contributed by atoms with Gasteiger partial charge in [-0.1, -0.05) is 35.3 Å². The number of hydrogen-bond acceptors (Lipinski definition) is 4. The topological polar surface area (TPSA) is 79.7 Å². The molecule has 9 heteroatoms. The van der Waals surface area contributed by atoms with Gasteiger partial charge in [-0.05, 0) is 54.6 Å². The molecule has 3 aromatic rings. The summed E-state index contributed by atoms with van der Waals surface area (Å²) in [5, 5.41) is 3.94. The lowest BCUT2D eigenvalue weighted by Gasteiger charge is -2.15. The van der Waals surface area contributed by atoms with Crippen molar-refractivity contribution >= 4 is 41.2 Å². The van der Waals surface area contributed by atoms with Gasteiger partial charge in [-0.2, -0.15) is 0 Å². The number of methoxy groups -OCH3 is 2. The number of amides is 2. The molecule has 2 atom stereocenters. The van der Waals surface area contributed by atoms with Gasteiger partial charge >= 0.3 is 5.91 Å². The smallest absolute Gasteiger partial charge is 0.304 e. The summed E-state index contributed by atoms with van der Waals surface area (Å²) in [5.74, 6) is 0.410. The molecule has 0 radical (unpaired) electrons. The third-order valence-electron chi connectivity index (χ3n) is 5.44. The van der Waals surface area contributed by atoms with Gasteiger partial charge in [0, 0.05) is 26.7 Å². The van der Waals surface area contributed by atoms with Crippen LogP contribution < -0.4 is 20.2 Å². The molecule has 0 saturated carbocycles. The minimum atomic E-state index is -0.860. The molecule has 3 aromatic carbocycles. The molecule has 1 aliphatic rings. The van der Waals surface area contributed by atoms with Crippen LogP contribution in [0.1, 0.15) is 27.5 Å². The molecule has 4 rings (SSSR count). The SMILES string of the molecule is COc1ccc(/C=[N+]2\NC(=O)[C@@H](NC(=O)c3ccc(Cl)cc3)[C@H]2c2ccc(Cl)cc2)cc1OC. The molecule has 0 aromatic heterocycles. The first-order chi connectivity index (χ1) is 16.4. The third kappa shape index (κ3) is 5.00. The number of carbonyl (C=O) groups excluding carboxylic acids is 2. The molecule has 0 unspecified atom stereocenters.